The normalized spacial score (nSPS) is 14.3. The van der Waals surface area contributed by atoms with Crippen LogP contribution in [0.15, 0.2) is 0 Å². The highest BCUT2D eigenvalue weighted by Crippen LogP contribution is 2.18. The zero-order chi connectivity index (χ0) is 12.2. The molecular formula is C10H20O4S. The number of carbonyl (C=O) groups excluding carboxylic acids is 1. The Labute approximate surface area is 91.9 Å². The molecule has 0 aliphatic heterocycles. The van der Waals surface area contributed by atoms with Gasteiger partial charge in [0.25, 0.3) is 0 Å². The van der Waals surface area contributed by atoms with Crippen LogP contribution in [0.1, 0.15) is 34.6 Å². The zero-order valence-electron chi connectivity index (χ0n) is 9.98. The largest absolute Gasteiger partial charge is 0.465 e. The molecule has 0 aromatic carbocycles. The van der Waals surface area contributed by atoms with Gasteiger partial charge in [-0.3, -0.25) is 4.79 Å². The molecule has 0 aliphatic rings. The third kappa shape index (κ3) is 3.48. The lowest BCUT2D eigenvalue weighted by atomic mass is 10.1. The van der Waals surface area contributed by atoms with E-state index in [4.69, 9.17) is 4.74 Å². The van der Waals surface area contributed by atoms with Crippen molar-refractivity contribution in [2.75, 3.05) is 6.61 Å². The molecule has 0 spiro atoms. The molecule has 0 N–H and O–H groups in total. The van der Waals surface area contributed by atoms with Crippen LogP contribution in [0.4, 0.5) is 0 Å². The van der Waals surface area contributed by atoms with Crippen LogP contribution in [-0.2, 0) is 19.4 Å². The molecule has 0 fully saturated rings. The van der Waals surface area contributed by atoms with Crippen LogP contribution in [0, 0.1) is 5.92 Å². The maximum atomic E-state index is 11.9. The Morgan fingerprint density at radius 3 is 1.93 bits per heavy atom. The number of esters is 1. The lowest BCUT2D eigenvalue weighted by Gasteiger charge is -2.21. The fraction of sp³-hybridized carbons (Fsp3) is 0.900. The van der Waals surface area contributed by atoms with Gasteiger partial charge < -0.3 is 4.74 Å². The van der Waals surface area contributed by atoms with Crippen molar-refractivity contribution in [2.24, 2.45) is 5.92 Å². The Morgan fingerprint density at radius 1 is 1.20 bits per heavy atom. The minimum absolute atomic E-state index is 0.204. The van der Waals surface area contributed by atoms with Gasteiger partial charge in [0.1, 0.15) is 0 Å². The first kappa shape index (κ1) is 14.4. The molecule has 0 saturated carbocycles. The highest BCUT2D eigenvalue weighted by molar-refractivity contribution is 7.93. The van der Waals surface area contributed by atoms with E-state index in [1.807, 2.05) is 0 Å². The summed E-state index contributed by atoms with van der Waals surface area (Å²) in [5.74, 6) is -0.905. The van der Waals surface area contributed by atoms with Crippen LogP contribution in [0.25, 0.3) is 0 Å². The van der Waals surface area contributed by atoms with Crippen molar-refractivity contribution in [3.8, 4) is 0 Å². The van der Waals surface area contributed by atoms with E-state index in [1.54, 1.807) is 34.6 Å². The number of rotatable bonds is 5. The predicted molar refractivity (Wildman–Crippen MR) is 59.3 cm³/mol. The first-order valence-electron chi connectivity index (χ1n) is 5.14. The van der Waals surface area contributed by atoms with E-state index >= 15 is 0 Å². The van der Waals surface area contributed by atoms with Gasteiger partial charge in [-0.05, 0) is 26.7 Å². The summed E-state index contributed by atoms with van der Waals surface area (Å²) >= 11 is 0. The van der Waals surface area contributed by atoms with E-state index in [0.717, 1.165) is 0 Å². The van der Waals surface area contributed by atoms with E-state index in [2.05, 4.69) is 0 Å². The van der Waals surface area contributed by atoms with Gasteiger partial charge in [-0.1, -0.05) is 13.8 Å². The molecule has 0 aliphatic carbocycles. The average Bonchev–Trinajstić information content (AvgIpc) is 2.02. The first-order valence-corrected chi connectivity index (χ1v) is 6.75. The van der Waals surface area contributed by atoms with Crippen molar-refractivity contribution in [1.82, 2.24) is 0 Å². The molecule has 5 heteroatoms. The minimum atomic E-state index is -3.43. The van der Waals surface area contributed by atoms with Crippen LogP contribution >= 0.6 is 0 Å². The van der Waals surface area contributed by atoms with Crippen LogP contribution in [0.2, 0.25) is 0 Å². The Bertz CT molecular complexity index is 303. The van der Waals surface area contributed by atoms with Gasteiger partial charge in [0.05, 0.1) is 11.9 Å². The second-order valence-corrected chi connectivity index (χ2v) is 6.68. The van der Waals surface area contributed by atoms with Crippen molar-refractivity contribution in [3.63, 3.8) is 0 Å². The van der Waals surface area contributed by atoms with Gasteiger partial charge in [0.2, 0.25) is 0 Å². The molecule has 0 bridgehead atoms. The molecule has 0 rings (SSSR count). The quantitative estimate of drug-likeness (QED) is 0.677. The van der Waals surface area contributed by atoms with E-state index in [1.165, 1.54) is 0 Å². The zero-order valence-corrected chi connectivity index (χ0v) is 10.8. The van der Waals surface area contributed by atoms with Gasteiger partial charge in [-0.25, -0.2) is 8.42 Å². The number of hydrogen-bond donors (Lipinski definition) is 0. The molecule has 0 amide bonds. The third-order valence-electron chi connectivity index (χ3n) is 2.14. The fourth-order valence-electron chi connectivity index (χ4n) is 1.30. The molecular weight excluding hydrogens is 216 g/mol. The fourth-order valence-corrected chi connectivity index (χ4v) is 2.98. The lowest BCUT2D eigenvalue weighted by molar-refractivity contribution is -0.143. The molecule has 0 saturated heterocycles. The second kappa shape index (κ2) is 5.49. The summed E-state index contributed by atoms with van der Waals surface area (Å²) in [6.45, 7) is 8.43. The van der Waals surface area contributed by atoms with Crippen molar-refractivity contribution < 1.29 is 17.9 Å². The van der Waals surface area contributed by atoms with Gasteiger partial charge in [0, 0.05) is 0 Å². The topological polar surface area (TPSA) is 60.4 Å². The molecule has 1 unspecified atom stereocenters. The summed E-state index contributed by atoms with van der Waals surface area (Å²) in [7, 11) is -3.43. The third-order valence-corrected chi connectivity index (χ3v) is 4.89. The molecule has 15 heavy (non-hydrogen) atoms. The number of carbonyl (C=O) groups is 1. The molecule has 0 heterocycles. The van der Waals surface area contributed by atoms with E-state index < -0.39 is 26.3 Å². The summed E-state index contributed by atoms with van der Waals surface area (Å²) in [5.41, 5.74) is 0. The highest BCUT2D eigenvalue weighted by atomic mass is 32.2. The van der Waals surface area contributed by atoms with Gasteiger partial charge in [0.15, 0.2) is 15.1 Å². The molecule has 1 atom stereocenters. The average molecular weight is 236 g/mol. The van der Waals surface area contributed by atoms with Crippen molar-refractivity contribution >= 4 is 15.8 Å². The van der Waals surface area contributed by atoms with Gasteiger partial charge >= 0.3 is 5.97 Å². The standard InChI is InChI=1S/C10H20O4S/c1-6-14-10(11)9(7(2)3)15(12,13)8(4)5/h7-9H,6H2,1-5H3. The molecule has 4 nitrogen and oxygen atoms in total. The van der Waals surface area contributed by atoms with Crippen LogP contribution in [0.5, 0.6) is 0 Å². The van der Waals surface area contributed by atoms with Crippen LogP contribution in [-0.4, -0.2) is 31.5 Å². The summed E-state index contributed by atoms with van der Waals surface area (Å²) in [4.78, 5) is 11.5. The Hall–Kier alpha value is -0.580. The minimum Gasteiger partial charge on any atom is -0.465 e. The summed E-state index contributed by atoms with van der Waals surface area (Å²) in [5, 5.41) is -1.60. The predicted octanol–water partition coefficient (Wildman–Crippen LogP) is 1.40. The van der Waals surface area contributed by atoms with E-state index in [9.17, 15) is 13.2 Å². The summed E-state index contributed by atoms with van der Waals surface area (Å²) < 4.78 is 28.6. The Kier molecular flexibility index (Phi) is 5.28. The van der Waals surface area contributed by atoms with Gasteiger partial charge in [-0.15, -0.1) is 0 Å². The molecule has 0 radical (unpaired) electrons. The second-order valence-electron chi connectivity index (χ2n) is 4.05. The molecule has 0 aromatic heterocycles. The lowest BCUT2D eigenvalue weighted by Crippen LogP contribution is -2.40. The number of hydrogen-bond acceptors (Lipinski definition) is 4. The summed E-state index contributed by atoms with van der Waals surface area (Å²) in [6.07, 6.45) is 0. The van der Waals surface area contributed by atoms with Crippen molar-refractivity contribution in [3.05, 3.63) is 0 Å². The summed E-state index contributed by atoms with van der Waals surface area (Å²) in [6, 6.07) is 0. The van der Waals surface area contributed by atoms with Crippen LogP contribution in [0.3, 0.4) is 0 Å². The maximum absolute atomic E-state index is 11.9. The SMILES string of the molecule is CCOC(=O)C(C(C)C)S(=O)(=O)C(C)C. The highest BCUT2D eigenvalue weighted by Gasteiger charge is 2.38. The van der Waals surface area contributed by atoms with Crippen LogP contribution < -0.4 is 0 Å². The van der Waals surface area contributed by atoms with E-state index in [-0.39, 0.29) is 12.5 Å². The van der Waals surface area contributed by atoms with E-state index in [0.29, 0.717) is 0 Å². The first-order chi connectivity index (χ1) is 6.75. The van der Waals surface area contributed by atoms with Crippen molar-refractivity contribution in [2.45, 2.75) is 45.1 Å². The molecule has 90 valence electrons. The Morgan fingerprint density at radius 2 is 1.67 bits per heavy atom. The maximum Gasteiger partial charge on any atom is 0.324 e. The monoisotopic (exact) mass is 236 g/mol. The van der Waals surface area contributed by atoms with Crippen molar-refractivity contribution in [1.29, 1.82) is 0 Å². The smallest absolute Gasteiger partial charge is 0.324 e. The van der Waals surface area contributed by atoms with Gasteiger partial charge in [-0.2, -0.15) is 0 Å². The number of sulfone groups is 1. The Balaban J connectivity index is 5.08. The number of ether oxygens (including phenoxy) is 1. The molecule has 0 aromatic rings.